The molecule has 0 saturated heterocycles. The van der Waals surface area contributed by atoms with Crippen LogP contribution in [0, 0.1) is 0 Å². The molecular formula is C20H21NO7S. The number of likely N-dealkylation sites (N-methyl/N-ethyl adjacent to an activating group) is 1. The summed E-state index contributed by atoms with van der Waals surface area (Å²) in [5.74, 6) is 0.232. The van der Waals surface area contributed by atoms with Crippen molar-refractivity contribution >= 4 is 21.7 Å². The molecule has 0 aromatic heterocycles. The van der Waals surface area contributed by atoms with Gasteiger partial charge in [-0.1, -0.05) is 6.07 Å². The highest BCUT2D eigenvalue weighted by molar-refractivity contribution is 7.90. The van der Waals surface area contributed by atoms with Crippen molar-refractivity contribution in [3.05, 3.63) is 53.6 Å². The Morgan fingerprint density at radius 3 is 2.34 bits per heavy atom. The molecule has 8 nitrogen and oxygen atoms in total. The zero-order valence-corrected chi connectivity index (χ0v) is 16.9. The maximum atomic E-state index is 12.3. The molecule has 0 atom stereocenters. The average Bonchev–Trinajstić information content (AvgIpc) is 2.71. The van der Waals surface area contributed by atoms with Gasteiger partial charge in [-0.2, -0.15) is 0 Å². The SMILES string of the molecule is CN(Cc1ccc2c(c1)OCCO2)C(=O)COC(=O)c1ccc(S(C)(=O)=O)cc1. The molecular weight excluding hydrogens is 398 g/mol. The largest absolute Gasteiger partial charge is 0.486 e. The molecule has 1 heterocycles. The second-order valence-corrected chi connectivity index (χ2v) is 8.62. The number of amides is 1. The second kappa shape index (κ2) is 8.52. The van der Waals surface area contributed by atoms with E-state index in [9.17, 15) is 18.0 Å². The molecule has 0 spiro atoms. The molecule has 1 aliphatic rings. The van der Waals surface area contributed by atoms with Crippen LogP contribution in [0.1, 0.15) is 15.9 Å². The fourth-order valence-corrected chi connectivity index (χ4v) is 3.34. The molecule has 1 aliphatic heterocycles. The van der Waals surface area contributed by atoms with Gasteiger partial charge in [0.1, 0.15) is 13.2 Å². The maximum Gasteiger partial charge on any atom is 0.338 e. The molecule has 29 heavy (non-hydrogen) atoms. The molecule has 0 saturated carbocycles. The number of nitrogens with zero attached hydrogens (tertiary/aromatic N) is 1. The topological polar surface area (TPSA) is 99.2 Å². The lowest BCUT2D eigenvalue weighted by Gasteiger charge is -2.21. The first-order chi connectivity index (χ1) is 13.7. The van der Waals surface area contributed by atoms with E-state index in [0.717, 1.165) is 11.8 Å². The first kappa shape index (κ1) is 20.7. The first-order valence-corrected chi connectivity index (χ1v) is 10.7. The molecule has 0 bridgehead atoms. The molecule has 0 aliphatic carbocycles. The number of ether oxygens (including phenoxy) is 3. The monoisotopic (exact) mass is 419 g/mol. The maximum absolute atomic E-state index is 12.3. The van der Waals surface area contributed by atoms with Crippen molar-refractivity contribution in [3.63, 3.8) is 0 Å². The zero-order valence-electron chi connectivity index (χ0n) is 16.1. The average molecular weight is 419 g/mol. The van der Waals surface area contributed by atoms with Crippen molar-refractivity contribution in [2.24, 2.45) is 0 Å². The number of hydrogen-bond acceptors (Lipinski definition) is 7. The van der Waals surface area contributed by atoms with Gasteiger partial charge in [0.25, 0.3) is 5.91 Å². The van der Waals surface area contributed by atoms with E-state index in [-0.39, 0.29) is 16.4 Å². The molecule has 0 radical (unpaired) electrons. The van der Waals surface area contributed by atoms with Crippen molar-refractivity contribution in [1.29, 1.82) is 0 Å². The van der Waals surface area contributed by atoms with Crippen LogP contribution >= 0.6 is 0 Å². The Morgan fingerprint density at radius 2 is 1.69 bits per heavy atom. The van der Waals surface area contributed by atoms with E-state index in [4.69, 9.17) is 14.2 Å². The smallest absolute Gasteiger partial charge is 0.338 e. The van der Waals surface area contributed by atoms with Crippen molar-refractivity contribution in [2.75, 3.05) is 33.1 Å². The van der Waals surface area contributed by atoms with E-state index in [1.54, 1.807) is 13.1 Å². The zero-order chi connectivity index (χ0) is 21.0. The molecule has 154 valence electrons. The van der Waals surface area contributed by atoms with E-state index in [1.807, 2.05) is 12.1 Å². The predicted octanol–water partition coefficient (Wildman–Crippen LogP) is 1.68. The van der Waals surface area contributed by atoms with Crippen LogP contribution in [0.25, 0.3) is 0 Å². The number of benzene rings is 2. The fourth-order valence-electron chi connectivity index (χ4n) is 2.71. The Kier molecular flexibility index (Phi) is 6.07. The molecule has 9 heteroatoms. The Morgan fingerprint density at radius 1 is 1.03 bits per heavy atom. The van der Waals surface area contributed by atoms with Crippen LogP contribution in [-0.2, 0) is 25.9 Å². The van der Waals surface area contributed by atoms with Crippen molar-refractivity contribution < 1.29 is 32.2 Å². The summed E-state index contributed by atoms with van der Waals surface area (Å²) in [4.78, 5) is 25.9. The molecule has 2 aromatic rings. The van der Waals surface area contributed by atoms with Crippen LogP contribution in [0.3, 0.4) is 0 Å². The minimum absolute atomic E-state index is 0.101. The van der Waals surface area contributed by atoms with Gasteiger partial charge in [0.2, 0.25) is 0 Å². The lowest BCUT2D eigenvalue weighted by atomic mass is 10.2. The van der Waals surface area contributed by atoms with Gasteiger partial charge in [-0.25, -0.2) is 13.2 Å². The summed E-state index contributed by atoms with van der Waals surface area (Å²) >= 11 is 0. The van der Waals surface area contributed by atoms with Gasteiger partial charge in [-0.05, 0) is 42.0 Å². The number of sulfone groups is 1. The van der Waals surface area contributed by atoms with Gasteiger partial charge in [0.05, 0.1) is 10.5 Å². The summed E-state index contributed by atoms with van der Waals surface area (Å²) in [5, 5.41) is 0. The van der Waals surface area contributed by atoms with E-state index in [0.29, 0.717) is 31.3 Å². The van der Waals surface area contributed by atoms with E-state index >= 15 is 0 Å². The summed E-state index contributed by atoms with van der Waals surface area (Å²) < 4.78 is 38.9. The van der Waals surface area contributed by atoms with Crippen LogP contribution in [0.15, 0.2) is 47.4 Å². The van der Waals surface area contributed by atoms with Gasteiger partial charge < -0.3 is 19.1 Å². The summed E-state index contributed by atoms with van der Waals surface area (Å²) in [6, 6.07) is 10.8. The Bertz CT molecular complexity index is 1020. The summed E-state index contributed by atoms with van der Waals surface area (Å²) in [5.41, 5.74) is 1.02. The molecule has 1 amide bonds. The second-order valence-electron chi connectivity index (χ2n) is 6.60. The molecule has 2 aromatic carbocycles. The highest BCUT2D eigenvalue weighted by Crippen LogP contribution is 2.31. The van der Waals surface area contributed by atoms with Crippen molar-refractivity contribution in [3.8, 4) is 11.5 Å². The van der Waals surface area contributed by atoms with Gasteiger partial charge >= 0.3 is 5.97 Å². The molecule has 0 fully saturated rings. The third kappa shape index (κ3) is 5.26. The van der Waals surface area contributed by atoms with Crippen LogP contribution < -0.4 is 9.47 Å². The van der Waals surface area contributed by atoms with Gasteiger partial charge in [0, 0.05) is 19.8 Å². The third-order valence-corrected chi connectivity index (χ3v) is 5.43. The number of esters is 1. The van der Waals surface area contributed by atoms with E-state index in [2.05, 4.69) is 0 Å². The van der Waals surface area contributed by atoms with Crippen LogP contribution in [0.2, 0.25) is 0 Å². The standard InChI is InChI=1S/C20H21NO7S/c1-21(12-14-3-8-17-18(11-14)27-10-9-26-17)19(22)13-28-20(23)15-4-6-16(7-5-15)29(2,24)25/h3-8,11H,9-10,12-13H2,1-2H3. The van der Waals surface area contributed by atoms with Crippen molar-refractivity contribution in [2.45, 2.75) is 11.4 Å². The Hall–Kier alpha value is -3.07. The van der Waals surface area contributed by atoms with Crippen LogP contribution in [0.5, 0.6) is 11.5 Å². The third-order valence-electron chi connectivity index (χ3n) is 4.30. The number of carbonyl (C=O) groups is 2. The quantitative estimate of drug-likeness (QED) is 0.657. The van der Waals surface area contributed by atoms with E-state index in [1.165, 1.54) is 29.2 Å². The van der Waals surface area contributed by atoms with Crippen LogP contribution in [-0.4, -0.2) is 58.3 Å². The predicted molar refractivity (Wildman–Crippen MR) is 104 cm³/mol. The van der Waals surface area contributed by atoms with E-state index < -0.39 is 22.4 Å². The van der Waals surface area contributed by atoms with Gasteiger partial charge in [0.15, 0.2) is 27.9 Å². The van der Waals surface area contributed by atoms with Crippen LogP contribution in [0.4, 0.5) is 0 Å². The van der Waals surface area contributed by atoms with Gasteiger partial charge in [-0.15, -0.1) is 0 Å². The Labute approximate surface area is 168 Å². The lowest BCUT2D eigenvalue weighted by Crippen LogP contribution is -2.30. The summed E-state index contributed by atoms with van der Waals surface area (Å²) in [6.45, 7) is 0.878. The summed E-state index contributed by atoms with van der Waals surface area (Å²) in [6.07, 6.45) is 1.08. The molecule has 0 N–H and O–H groups in total. The number of hydrogen-bond donors (Lipinski definition) is 0. The normalized spacial score (nSPS) is 12.9. The van der Waals surface area contributed by atoms with Crippen molar-refractivity contribution in [1.82, 2.24) is 4.90 Å². The number of fused-ring (bicyclic) bond motifs is 1. The first-order valence-electron chi connectivity index (χ1n) is 8.84. The highest BCUT2D eigenvalue weighted by atomic mass is 32.2. The number of carbonyl (C=O) groups excluding carboxylic acids is 2. The van der Waals surface area contributed by atoms with Gasteiger partial charge in [-0.3, -0.25) is 4.79 Å². The minimum Gasteiger partial charge on any atom is -0.486 e. The minimum atomic E-state index is -3.35. The highest BCUT2D eigenvalue weighted by Gasteiger charge is 2.17. The number of rotatable bonds is 6. The summed E-state index contributed by atoms with van der Waals surface area (Å²) in [7, 11) is -1.74. The lowest BCUT2D eigenvalue weighted by molar-refractivity contribution is -0.133. The fraction of sp³-hybridized carbons (Fsp3) is 0.300. The molecule has 0 unspecified atom stereocenters. The Balaban J connectivity index is 1.54. The molecule has 3 rings (SSSR count).